The molecule has 0 saturated carbocycles. The van der Waals surface area contributed by atoms with Crippen molar-refractivity contribution < 1.29 is 13.2 Å². The third-order valence-electron chi connectivity index (χ3n) is 2.98. The largest absolute Gasteiger partial charge is 0.389 e. The maximum Gasteiger partial charge on any atom is 0.389 e. The lowest BCUT2D eigenvalue weighted by molar-refractivity contribution is -0.136. The second kappa shape index (κ2) is 4.45. The third-order valence-corrected chi connectivity index (χ3v) is 2.98. The van der Waals surface area contributed by atoms with Gasteiger partial charge in [0.15, 0.2) is 0 Å². The van der Waals surface area contributed by atoms with E-state index in [1.807, 2.05) is 24.3 Å². The van der Waals surface area contributed by atoms with Gasteiger partial charge in [0, 0.05) is 19.5 Å². The van der Waals surface area contributed by atoms with Gasteiger partial charge in [0.05, 0.1) is 0 Å². The van der Waals surface area contributed by atoms with E-state index in [9.17, 15) is 13.2 Å². The van der Waals surface area contributed by atoms with Gasteiger partial charge >= 0.3 is 6.18 Å². The number of halogens is 3. The Morgan fingerprint density at radius 1 is 1.25 bits per heavy atom. The van der Waals surface area contributed by atoms with Crippen LogP contribution < -0.4 is 5.32 Å². The van der Waals surface area contributed by atoms with Gasteiger partial charge in [-0.1, -0.05) is 24.3 Å². The van der Waals surface area contributed by atoms with Crippen LogP contribution in [0.4, 0.5) is 13.2 Å². The minimum atomic E-state index is -4.05. The summed E-state index contributed by atoms with van der Waals surface area (Å²) in [5, 5.41) is 3.16. The van der Waals surface area contributed by atoms with Crippen LogP contribution in [0.15, 0.2) is 24.3 Å². The van der Waals surface area contributed by atoms with Crippen molar-refractivity contribution in [1.29, 1.82) is 0 Å². The quantitative estimate of drug-likeness (QED) is 0.821. The van der Waals surface area contributed by atoms with E-state index in [2.05, 4.69) is 5.32 Å². The summed E-state index contributed by atoms with van der Waals surface area (Å²) < 4.78 is 36.5. The van der Waals surface area contributed by atoms with Crippen molar-refractivity contribution in [1.82, 2.24) is 5.32 Å². The van der Waals surface area contributed by atoms with E-state index in [4.69, 9.17) is 0 Å². The zero-order valence-corrected chi connectivity index (χ0v) is 8.85. The van der Waals surface area contributed by atoms with Crippen molar-refractivity contribution in [3.63, 3.8) is 0 Å². The van der Waals surface area contributed by atoms with Gasteiger partial charge in [-0.3, -0.25) is 0 Å². The lowest BCUT2D eigenvalue weighted by Crippen LogP contribution is -2.28. The zero-order valence-electron chi connectivity index (χ0n) is 8.85. The topological polar surface area (TPSA) is 12.0 Å². The lowest BCUT2D eigenvalue weighted by Gasteiger charge is -2.26. The highest BCUT2D eigenvalue weighted by molar-refractivity contribution is 5.32. The number of hydrogen-bond donors (Lipinski definition) is 1. The molecule has 88 valence electrons. The second-order valence-electron chi connectivity index (χ2n) is 4.18. The highest BCUT2D eigenvalue weighted by Gasteiger charge is 2.29. The number of benzene rings is 1. The molecule has 4 heteroatoms. The molecular formula is C12H14F3N. The zero-order chi connectivity index (χ0) is 11.6. The van der Waals surface area contributed by atoms with Crippen molar-refractivity contribution in [3.8, 4) is 0 Å². The first-order chi connectivity index (χ1) is 7.56. The standard InChI is InChI=1S/C12H14F3N/c13-12(14,15)6-5-10-8-16-7-9-3-1-2-4-11(9)10/h1-4,10,16H,5-8H2. The summed E-state index contributed by atoms with van der Waals surface area (Å²) in [7, 11) is 0. The van der Waals surface area contributed by atoms with Crippen LogP contribution in [0.1, 0.15) is 29.9 Å². The molecule has 0 radical (unpaired) electrons. The van der Waals surface area contributed by atoms with Gasteiger partial charge < -0.3 is 5.32 Å². The van der Waals surface area contributed by atoms with E-state index in [1.54, 1.807) is 0 Å². The van der Waals surface area contributed by atoms with E-state index in [0.29, 0.717) is 6.54 Å². The number of fused-ring (bicyclic) bond motifs is 1. The summed E-state index contributed by atoms with van der Waals surface area (Å²) >= 11 is 0. The molecular weight excluding hydrogens is 215 g/mol. The Labute approximate surface area is 92.7 Å². The summed E-state index contributed by atoms with van der Waals surface area (Å²) in [4.78, 5) is 0. The normalized spacial score (nSPS) is 20.6. The molecule has 16 heavy (non-hydrogen) atoms. The summed E-state index contributed by atoms with van der Waals surface area (Å²) in [6.45, 7) is 1.41. The van der Waals surface area contributed by atoms with E-state index in [0.717, 1.165) is 17.7 Å². The minimum absolute atomic E-state index is 0.00780. The van der Waals surface area contributed by atoms with Gasteiger partial charge in [0.25, 0.3) is 0 Å². The minimum Gasteiger partial charge on any atom is -0.312 e. The molecule has 0 bridgehead atoms. The summed E-state index contributed by atoms with van der Waals surface area (Å²) in [6, 6.07) is 7.73. The number of nitrogens with one attached hydrogen (secondary N) is 1. The van der Waals surface area contributed by atoms with E-state index in [1.165, 1.54) is 0 Å². The Morgan fingerprint density at radius 3 is 2.75 bits per heavy atom. The summed E-state index contributed by atoms with van der Waals surface area (Å²) in [5.41, 5.74) is 2.20. The van der Waals surface area contributed by atoms with Gasteiger partial charge in [-0.05, 0) is 23.5 Å². The molecule has 2 rings (SSSR count). The van der Waals surface area contributed by atoms with Crippen molar-refractivity contribution in [2.45, 2.75) is 31.5 Å². The molecule has 1 aliphatic rings. The Balaban J connectivity index is 2.07. The van der Waals surface area contributed by atoms with Crippen LogP contribution in [-0.2, 0) is 6.54 Å². The second-order valence-corrected chi connectivity index (χ2v) is 4.18. The predicted octanol–water partition coefficient (Wildman–Crippen LogP) is 3.22. The molecule has 1 aliphatic heterocycles. The SMILES string of the molecule is FC(F)(F)CCC1CNCc2ccccc21. The maximum absolute atomic E-state index is 12.2. The highest BCUT2D eigenvalue weighted by atomic mass is 19.4. The lowest BCUT2D eigenvalue weighted by atomic mass is 9.87. The molecule has 1 aromatic carbocycles. The Bertz CT molecular complexity index is 360. The molecule has 1 heterocycles. The molecule has 0 fully saturated rings. The molecule has 1 N–H and O–H groups in total. The average Bonchev–Trinajstić information content (AvgIpc) is 2.25. The third kappa shape index (κ3) is 2.76. The summed E-state index contributed by atoms with van der Waals surface area (Å²) in [5.74, 6) is -0.00780. The van der Waals surface area contributed by atoms with Crippen molar-refractivity contribution in [2.24, 2.45) is 0 Å². The van der Waals surface area contributed by atoms with Gasteiger partial charge in [-0.15, -0.1) is 0 Å². The smallest absolute Gasteiger partial charge is 0.312 e. The molecule has 0 aliphatic carbocycles. The van der Waals surface area contributed by atoms with Crippen LogP contribution >= 0.6 is 0 Å². The first-order valence-corrected chi connectivity index (χ1v) is 5.41. The van der Waals surface area contributed by atoms with Gasteiger partial charge in [-0.2, -0.15) is 13.2 Å². The van der Waals surface area contributed by atoms with Crippen molar-refractivity contribution >= 4 is 0 Å². The fourth-order valence-electron chi connectivity index (χ4n) is 2.18. The molecule has 1 nitrogen and oxygen atoms in total. The van der Waals surface area contributed by atoms with E-state index < -0.39 is 12.6 Å². The highest BCUT2D eigenvalue weighted by Crippen LogP contribution is 2.31. The Hall–Kier alpha value is -1.03. The van der Waals surface area contributed by atoms with Gasteiger partial charge in [-0.25, -0.2) is 0 Å². The predicted molar refractivity (Wildman–Crippen MR) is 56.2 cm³/mol. The van der Waals surface area contributed by atoms with Crippen molar-refractivity contribution in [2.75, 3.05) is 6.54 Å². The van der Waals surface area contributed by atoms with Crippen LogP contribution in [0.25, 0.3) is 0 Å². The first kappa shape index (κ1) is 11.5. The molecule has 1 aromatic rings. The van der Waals surface area contributed by atoms with Crippen LogP contribution in [0.2, 0.25) is 0 Å². The monoisotopic (exact) mass is 229 g/mol. The van der Waals surface area contributed by atoms with Crippen LogP contribution in [0.5, 0.6) is 0 Å². The fourth-order valence-corrected chi connectivity index (χ4v) is 2.18. The Kier molecular flexibility index (Phi) is 3.19. The fraction of sp³-hybridized carbons (Fsp3) is 0.500. The van der Waals surface area contributed by atoms with Crippen LogP contribution in [-0.4, -0.2) is 12.7 Å². The first-order valence-electron chi connectivity index (χ1n) is 5.41. The number of alkyl halides is 3. The Morgan fingerprint density at radius 2 is 2.00 bits per heavy atom. The summed E-state index contributed by atoms with van der Waals surface area (Å²) in [6.07, 6.45) is -4.58. The van der Waals surface area contributed by atoms with Crippen LogP contribution in [0.3, 0.4) is 0 Å². The van der Waals surface area contributed by atoms with Gasteiger partial charge in [0.2, 0.25) is 0 Å². The average molecular weight is 229 g/mol. The molecule has 0 saturated heterocycles. The molecule has 0 spiro atoms. The maximum atomic E-state index is 12.2. The number of rotatable bonds is 2. The molecule has 1 atom stereocenters. The van der Waals surface area contributed by atoms with E-state index >= 15 is 0 Å². The van der Waals surface area contributed by atoms with Gasteiger partial charge in [0.1, 0.15) is 0 Å². The molecule has 0 amide bonds. The van der Waals surface area contributed by atoms with Crippen molar-refractivity contribution in [3.05, 3.63) is 35.4 Å². The van der Waals surface area contributed by atoms with Crippen LogP contribution in [0, 0.1) is 0 Å². The van der Waals surface area contributed by atoms with E-state index in [-0.39, 0.29) is 12.3 Å². The number of hydrogen-bond acceptors (Lipinski definition) is 1. The molecule has 1 unspecified atom stereocenters. The molecule has 0 aromatic heterocycles.